The van der Waals surface area contributed by atoms with Gasteiger partial charge in [-0.15, -0.1) is 0 Å². The van der Waals surface area contributed by atoms with Gasteiger partial charge in [0, 0.05) is 4.47 Å². The quantitative estimate of drug-likeness (QED) is 0.865. The van der Waals surface area contributed by atoms with E-state index in [0.717, 1.165) is 14.5 Å². The van der Waals surface area contributed by atoms with Crippen molar-refractivity contribution < 1.29 is 4.74 Å². The number of nitrogen functional groups attached to an aromatic ring is 1. The lowest BCUT2D eigenvalue weighted by molar-refractivity contribution is 0.453. The lowest BCUT2D eigenvalue weighted by Gasteiger charge is -2.11. The van der Waals surface area contributed by atoms with E-state index in [4.69, 9.17) is 10.5 Å². The molecule has 1 aromatic heterocycles. The van der Waals surface area contributed by atoms with Crippen LogP contribution in [0.15, 0.2) is 27.1 Å². The van der Waals surface area contributed by atoms with Crippen molar-refractivity contribution in [1.82, 2.24) is 9.97 Å². The van der Waals surface area contributed by atoms with Crippen LogP contribution in [-0.2, 0) is 0 Å². The zero-order chi connectivity index (χ0) is 13.3. The van der Waals surface area contributed by atoms with Crippen molar-refractivity contribution in [2.75, 3.05) is 5.73 Å². The Morgan fingerprint density at radius 2 is 1.89 bits per heavy atom. The molecule has 0 unspecified atom stereocenters. The molecular formula is C12H11Br2N3O. The van der Waals surface area contributed by atoms with Gasteiger partial charge in [-0.25, -0.2) is 4.98 Å². The number of halogens is 2. The lowest BCUT2D eigenvalue weighted by atomic mass is 10.3. The summed E-state index contributed by atoms with van der Waals surface area (Å²) in [5.41, 5.74) is 6.52. The first-order valence-electron chi connectivity index (χ1n) is 5.21. The summed E-state index contributed by atoms with van der Waals surface area (Å²) in [5, 5.41) is 0. The molecule has 0 atom stereocenters. The summed E-state index contributed by atoms with van der Waals surface area (Å²) >= 11 is 6.82. The Kier molecular flexibility index (Phi) is 3.87. The minimum Gasteiger partial charge on any atom is -0.437 e. The van der Waals surface area contributed by atoms with Crippen LogP contribution in [0.1, 0.15) is 11.4 Å². The van der Waals surface area contributed by atoms with E-state index >= 15 is 0 Å². The first-order chi connectivity index (χ1) is 8.47. The van der Waals surface area contributed by atoms with E-state index in [-0.39, 0.29) is 0 Å². The van der Waals surface area contributed by atoms with Crippen LogP contribution in [0.4, 0.5) is 5.82 Å². The van der Waals surface area contributed by atoms with Gasteiger partial charge >= 0.3 is 0 Å². The van der Waals surface area contributed by atoms with Crippen LogP contribution < -0.4 is 10.5 Å². The molecule has 2 rings (SSSR count). The Morgan fingerprint density at radius 3 is 2.56 bits per heavy atom. The van der Waals surface area contributed by atoms with Crippen LogP contribution in [0.5, 0.6) is 11.6 Å². The van der Waals surface area contributed by atoms with Crippen molar-refractivity contribution in [1.29, 1.82) is 0 Å². The molecule has 0 amide bonds. The number of aryl methyl sites for hydroxylation is 1. The summed E-state index contributed by atoms with van der Waals surface area (Å²) in [6.45, 7) is 3.61. The van der Waals surface area contributed by atoms with E-state index in [1.807, 2.05) is 25.1 Å². The minimum atomic E-state index is 0.436. The predicted octanol–water partition coefficient (Wildman–Crippen LogP) is 3.99. The molecule has 94 valence electrons. The summed E-state index contributed by atoms with van der Waals surface area (Å²) < 4.78 is 7.57. The molecule has 0 saturated carbocycles. The number of nitrogens with zero attached hydrogens (tertiary/aromatic N) is 2. The Labute approximate surface area is 122 Å². The van der Waals surface area contributed by atoms with E-state index in [2.05, 4.69) is 41.8 Å². The highest BCUT2D eigenvalue weighted by Gasteiger charge is 2.11. The molecule has 2 aromatic rings. The Balaban J connectivity index is 2.40. The van der Waals surface area contributed by atoms with Crippen molar-refractivity contribution in [2.24, 2.45) is 0 Å². The fourth-order valence-corrected chi connectivity index (χ4v) is 2.51. The predicted molar refractivity (Wildman–Crippen MR) is 77.8 cm³/mol. The molecule has 0 aliphatic rings. The maximum Gasteiger partial charge on any atom is 0.227 e. The normalized spacial score (nSPS) is 10.4. The molecule has 0 spiro atoms. The summed E-state index contributed by atoms with van der Waals surface area (Å²) in [6, 6.07) is 5.65. The van der Waals surface area contributed by atoms with Crippen LogP contribution >= 0.6 is 31.9 Å². The second kappa shape index (κ2) is 5.24. The van der Waals surface area contributed by atoms with Crippen molar-refractivity contribution in [3.05, 3.63) is 38.5 Å². The Hall–Kier alpha value is -1.14. The van der Waals surface area contributed by atoms with E-state index in [9.17, 15) is 0 Å². The van der Waals surface area contributed by atoms with Gasteiger partial charge in [-0.3, -0.25) is 0 Å². The molecule has 0 aliphatic carbocycles. The average molecular weight is 373 g/mol. The number of hydrogen-bond donors (Lipinski definition) is 1. The first kappa shape index (κ1) is 13.3. The van der Waals surface area contributed by atoms with Gasteiger partial charge in [-0.2, -0.15) is 4.98 Å². The summed E-state index contributed by atoms with van der Waals surface area (Å²) in [7, 11) is 0. The monoisotopic (exact) mass is 371 g/mol. The zero-order valence-electron chi connectivity index (χ0n) is 9.87. The lowest BCUT2D eigenvalue weighted by Crippen LogP contribution is -2.02. The number of anilines is 1. The van der Waals surface area contributed by atoms with Gasteiger partial charge in [-0.1, -0.05) is 15.9 Å². The molecule has 0 radical (unpaired) electrons. The standard InChI is InChI=1S/C12H11Br2N3O/c1-6-11(15)16-7(2)17-12(6)18-10-4-3-8(13)5-9(10)14/h3-5H,1-2H3,(H2,15,16,17). The molecule has 1 heterocycles. The molecule has 18 heavy (non-hydrogen) atoms. The highest BCUT2D eigenvalue weighted by Crippen LogP contribution is 2.33. The molecule has 0 saturated heterocycles. The smallest absolute Gasteiger partial charge is 0.227 e. The van der Waals surface area contributed by atoms with Gasteiger partial charge in [0.15, 0.2) is 0 Å². The number of nitrogens with two attached hydrogens (primary N) is 1. The average Bonchev–Trinajstić information content (AvgIpc) is 2.29. The minimum absolute atomic E-state index is 0.436. The fourth-order valence-electron chi connectivity index (χ4n) is 1.39. The number of rotatable bonds is 2. The zero-order valence-corrected chi connectivity index (χ0v) is 13.0. The molecule has 0 fully saturated rings. The van der Waals surface area contributed by atoms with E-state index in [0.29, 0.717) is 23.3 Å². The van der Waals surface area contributed by atoms with Gasteiger partial charge in [0.05, 0.1) is 10.0 Å². The maximum absolute atomic E-state index is 5.79. The summed E-state index contributed by atoms with van der Waals surface area (Å²) in [6.07, 6.45) is 0. The largest absolute Gasteiger partial charge is 0.437 e. The molecular weight excluding hydrogens is 362 g/mol. The van der Waals surface area contributed by atoms with E-state index < -0.39 is 0 Å². The Bertz CT molecular complexity index is 602. The third-order valence-electron chi connectivity index (χ3n) is 2.35. The van der Waals surface area contributed by atoms with Crippen molar-refractivity contribution >= 4 is 37.7 Å². The SMILES string of the molecule is Cc1nc(N)c(C)c(Oc2ccc(Br)cc2Br)n1. The Morgan fingerprint density at radius 1 is 1.17 bits per heavy atom. The summed E-state index contributed by atoms with van der Waals surface area (Å²) in [5.74, 6) is 2.17. The topological polar surface area (TPSA) is 61.0 Å². The molecule has 0 aliphatic heterocycles. The maximum atomic E-state index is 5.79. The van der Waals surface area contributed by atoms with Gasteiger partial charge < -0.3 is 10.5 Å². The number of benzene rings is 1. The van der Waals surface area contributed by atoms with Gasteiger partial charge in [-0.05, 0) is 48.0 Å². The molecule has 0 bridgehead atoms. The number of hydrogen-bond acceptors (Lipinski definition) is 4. The van der Waals surface area contributed by atoms with Crippen molar-refractivity contribution in [3.63, 3.8) is 0 Å². The highest BCUT2D eigenvalue weighted by molar-refractivity contribution is 9.11. The highest BCUT2D eigenvalue weighted by atomic mass is 79.9. The number of ether oxygens (including phenoxy) is 1. The van der Waals surface area contributed by atoms with Crippen molar-refractivity contribution in [2.45, 2.75) is 13.8 Å². The van der Waals surface area contributed by atoms with E-state index in [1.54, 1.807) is 6.92 Å². The van der Waals surface area contributed by atoms with E-state index in [1.165, 1.54) is 0 Å². The van der Waals surface area contributed by atoms with Crippen LogP contribution in [0.3, 0.4) is 0 Å². The van der Waals surface area contributed by atoms with Crippen LogP contribution in [-0.4, -0.2) is 9.97 Å². The third kappa shape index (κ3) is 2.81. The molecule has 1 aromatic carbocycles. The fraction of sp³-hybridized carbons (Fsp3) is 0.167. The van der Waals surface area contributed by atoms with Crippen LogP contribution in [0, 0.1) is 13.8 Å². The van der Waals surface area contributed by atoms with Crippen LogP contribution in [0.25, 0.3) is 0 Å². The number of aromatic nitrogens is 2. The third-order valence-corrected chi connectivity index (χ3v) is 3.46. The summed E-state index contributed by atoms with van der Waals surface area (Å²) in [4.78, 5) is 8.33. The first-order valence-corrected chi connectivity index (χ1v) is 6.79. The molecule has 6 heteroatoms. The molecule has 4 nitrogen and oxygen atoms in total. The second-order valence-electron chi connectivity index (χ2n) is 3.76. The second-order valence-corrected chi connectivity index (χ2v) is 5.53. The van der Waals surface area contributed by atoms with Gasteiger partial charge in [0.1, 0.15) is 17.4 Å². The van der Waals surface area contributed by atoms with Gasteiger partial charge in [0.25, 0.3) is 0 Å². The van der Waals surface area contributed by atoms with Gasteiger partial charge in [0.2, 0.25) is 5.88 Å². The molecule has 2 N–H and O–H groups in total. The van der Waals surface area contributed by atoms with Crippen molar-refractivity contribution in [3.8, 4) is 11.6 Å². The van der Waals surface area contributed by atoms with Crippen LogP contribution in [0.2, 0.25) is 0 Å².